The number of carboxylic acids is 1. The lowest BCUT2D eigenvalue weighted by Crippen LogP contribution is -2.45. The van der Waals surface area contributed by atoms with Crippen molar-refractivity contribution in [2.45, 2.75) is 32.4 Å². The van der Waals surface area contributed by atoms with Crippen LogP contribution in [0.2, 0.25) is 0 Å². The number of hydrogen-bond donors (Lipinski definition) is 3. The van der Waals surface area contributed by atoms with Gasteiger partial charge < -0.3 is 20.6 Å². The molecule has 1 aliphatic heterocycles. The average molecular weight is 243 g/mol. The number of carbonyl (C=O) groups excluding carboxylic acids is 2. The highest BCUT2D eigenvalue weighted by Gasteiger charge is 2.31. The average Bonchev–Trinajstić information content (AvgIpc) is 2.56. The number of urea groups is 1. The second kappa shape index (κ2) is 5.51. The zero-order valence-corrected chi connectivity index (χ0v) is 9.90. The van der Waals surface area contributed by atoms with Gasteiger partial charge in [0.25, 0.3) is 0 Å². The molecule has 3 amide bonds. The van der Waals surface area contributed by atoms with Crippen molar-refractivity contribution in [3.05, 3.63) is 0 Å². The number of hydrogen-bond acceptors (Lipinski definition) is 3. The summed E-state index contributed by atoms with van der Waals surface area (Å²) in [7, 11) is 0. The molecule has 7 heteroatoms. The van der Waals surface area contributed by atoms with Gasteiger partial charge in [-0.3, -0.25) is 9.59 Å². The number of carbonyl (C=O) groups is 3. The van der Waals surface area contributed by atoms with Gasteiger partial charge >= 0.3 is 12.0 Å². The van der Waals surface area contributed by atoms with Crippen LogP contribution < -0.4 is 10.6 Å². The third-order valence-corrected chi connectivity index (χ3v) is 2.52. The first-order valence-electron chi connectivity index (χ1n) is 5.45. The van der Waals surface area contributed by atoms with Crippen LogP contribution in [0.5, 0.6) is 0 Å². The first-order chi connectivity index (χ1) is 7.90. The molecule has 1 unspecified atom stereocenters. The number of carboxylic acid groups (broad SMARTS) is 1. The minimum Gasteiger partial charge on any atom is -0.480 e. The Balaban J connectivity index is 2.36. The van der Waals surface area contributed by atoms with Crippen molar-refractivity contribution in [3.63, 3.8) is 0 Å². The summed E-state index contributed by atoms with van der Waals surface area (Å²) >= 11 is 0. The smallest absolute Gasteiger partial charge is 0.323 e. The van der Waals surface area contributed by atoms with E-state index in [1.54, 1.807) is 4.90 Å². The van der Waals surface area contributed by atoms with E-state index in [4.69, 9.17) is 5.11 Å². The van der Waals surface area contributed by atoms with Gasteiger partial charge in [-0.2, -0.15) is 0 Å². The topological polar surface area (TPSA) is 98.7 Å². The van der Waals surface area contributed by atoms with Gasteiger partial charge in [0.1, 0.15) is 6.54 Å². The Morgan fingerprint density at radius 1 is 1.53 bits per heavy atom. The quantitative estimate of drug-likeness (QED) is 0.612. The predicted octanol–water partition coefficient (Wildman–Crippen LogP) is -0.620. The van der Waals surface area contributed by atoms with Gasteiger partial charge in [0.15, 0.2) is 0 Å². The highest BCUT2D eigenvalue weighted by Crippen LogP contribution is 2.13. The van der Waals surface area contributed by atoms with E-state index >= 15 is 0 Å². The maximum atomic E-state index is 11.5. The second-order valence-corrected chi connectivity index (χ2v) is 4.26. The van der Waals surface area contributed by atoms with Gasteiger partial charge in [0, 0.05) is 19.0 Å². The van der Waals surface area contributed by atoms with Crippen LogP contribution in [-0.2, 0) is 9.59 Å². The molecule has 0 spiro atoms. The maximum Gasteiger partial charge on any atom is 0.323 e. The predicted molar refractivity (Wildman–Crippen MR) is 59.4 cm³/mol. The molecule has 96 valence electrons. The SMILES string of the molecule is CC(C)N1CC(NC(=O)NCC(=O)O)CC1=O. The third kappa shape index (κ3) is 3.93. The summed E-state index contributed by atoms with van der Waals surface area (Å²) in [6, 6.07) is -0.703. The first kappa shape index (κ1) is 13.3. The van der Waals surface area contributed by atoms with Crippen LogP contribution in [0.25, 0.3) is 0 Å². The van der Waals surface area contributed by atoms with Crippen LogP contribution in [0.15, 0.2) is 0 Å². The molecule has 17 heavy (non-hydrogen) atoms. The van der Waals surface area contributed by atoms with E-state index in [2.05, 4.69) is 10.6 Å². The monoisotopic (exact) mass is 243 g/mol. The number of aliphatic carboxylic acids is 1. The van der Waals surface area contributed by atoms with Crippen molar-refractivity contribution in [2.75, 3.05) is 13.1 Å². The highest BCUT2D eigenvalue weighted by atomic mass is 16.4. The lowest BCUT2D eigenvalue weighted by molar-refractivity contribution is -0.135. The summed E-state index contributed by atoms with van der Waals surface area (Å²) in [6.07, 6.45) is 0.263. The molecular formula is C10H17N3O4. The number of nitrogens with one attached hydrogen (secondary N) is 2. The number of rotatable bonds is 4. The molecule has 7 nitrogen and oxygen atoms in total. The summed E-state index contributed by atoms with van der Waals surface area (Å²) in [5.74, 6) is -1.10. The van der Waals surface area contributed by atoms with Gasteiger partial charge in [-0.05, 0) is 13.8 Å². The van der Waals surface area contributed by atoms with Crippen molar-refractivity contribution in [3.8, 4) is 0 Å². The Kier molecular flexibility index (Phi) is 4.30. The minimum atomic E-state index is -1.11. The molecule has 3 N–H and O–H groups in total. The molecular weight excluding hydrogens is 226 g/mol. The van der Waals surface area contributed by atoms with E-state index in [-0.39, 0.29) is 24.4 Å². The van der Waals surface area contributed by atoms with Crippen LogP contribution in [0, 0.1) is 0 Å². The normalized spacial score (nSPS) is 19.6. The molecule has 0 bridgehead atoms. The Bertz CT molecular complexity index is 330. The second-order valence-electron chi connectivity index (χ2n) is 4.26. The molecule has 0 aliphatic carbocycles. The molecule has 0 aromatic carbocycles. The van der Waals surface area contributed by atoms with Gasteiger partial charge in [0.05, 0.1) is 6.04 Å². The van der Waals surface area contributed by atoms with Gasteiger partial charge in [-0.25, -0.2) is 4.79 Å². The molecule has 0 radical (unpaired) electrons. The zero-order chi connectivity index (χ0) is 13.0. The van der Waals surface area contributed by atoms with E-state index in [9.17, 15) is 14.4 Å². The van der Waals surface area contributed by atoms with E-state index < -0.39 is 18.5 Å². The maximum absolute atomic E-state index is 11.5. The molecule has 0 aromatic rings. The fourth-order valence-corrected chi connectivity index (χ4v) is 1.72. The Morgan fingerprint density at radius 3 is 2.65 bits per heavy atom. The van der Waals surface area contributed by atoms with Crippen LogP contribution in [0.1, 0.15) is 20.3 Å². The fourth-order valence-electron chi connectivity index (χ4n) is 1.72. The fraction of sp³-hybridized carbons (Fsp3) is 0.700. The molecule has 0 aromatic heterocycles. The van der Waals surface area contributed by atoms with Crippen molar-refractivity contribution < 1.29 is 19.5 Å². The Morgan fingerprint density at radius 2 is 2.18 bits per heavy atom. The molecule has 1 atom stereocenters. The summed E-state index contributed by atoms with van der Waals surface area (Å²) in [4.78, 5) is 34.7. The molecule has 1 fully saturated rings. The van der Waals surface area contributed by atoms with E-state index in [0.29, 0.717) is 6.54 Å². The number of amides is 3. The van der Waals surface area contributed by atoms with Crippen LogP contribution in [0.3, 0.4) is 0 Å². The van der Waals surface area contributed by atoms with E-state index in [1.165, 1.54) is 0 Å². The van der Waals surface area contributed by atoms with Crippen molar-refractivity contribution in [1.29, 1.82) is 0 Å². The first-order valence-corrected chi connectivity index (χ1v) is 5.45. The van der Waals surface area contributed by atoms with Gasteiger partial charge in [0.2, 0.25) is 5.91 Å². The van der Waals surface area contributed by atoms with Gasteiger partial charge in [-0.1, -0.05) is 0 Å². The van der Waals surface area contributed by atoms with Crippen molar-refractivity contribution in [2.24, 2.45) is 0 Å². The standard InChI is InChI=1S/C10H17N3O4/c1-6(2)13-5-7(3-8(13)14)12-10(17)11-4-9(15)16/h6-7H,3-5H2,1-2H3,(H,15,16)(H2,11,12,17). The Hall–Kier alpha value is -1.79. The highest BCUT2D eigenvalue weighted by molar-refractivity contribution is 5.83. The molecule has 1 aliphatic rings. The van der Waals surface area contributed by atoms with Crippen molar-refractivity contribution in [1.82, 2.24) is 15.5 Å². The largest absolute Gasteiger partial charge is 0.480 e. The van der Waals surface area contributed by atoms with Crippen LogP contribution in [-0.4, -0.2) is 53.1 Å². The summed E-state index contributed by atoms with van der Waals surface area (Å²) in [5, 5.41) is 13.1. The van der Waals surface area contributed by atoms with E-state index in [1.807, 2.05) is 13.8 Å². The zero-order valence-electron chi connectivity index (χ0n) is 9.90. The summed E-state index contributed by atoms with van der Waals surface area (Å²) < 4.78 is 0. The molecule has 0 saturated carbocycles. The lowest BCUT2D eigenvalue weighted by Gasteiger charge is -2.21. The van der Waals surface area contributed by atoms with Crippen LogP contribution >= 0.6 is 0 Å². The number of nitrogens with zero attached hydrogens (tertiary/aromatic N) is 1. The van der Waals surface area contributed by atoms with Gasteiger partial charge in [-0.15, -0.1) is 0 Å². The summed E-state index contributed by atoms with van der Waals surface area (Å²) in [6.45, 7) is 3.85. The molecule has 1 saturated heterocycles. The van der Waals surface area contributed by atoms with Crippen molar-refractivity contribution >= 4 is 17.9 Å². The minimum absolute atomic E-state index is 0.00327. The molecule has 1 rings (SSSR count). The third-order valence-electron chi connectivity index (χ3n) is 2.52. The summed E-state index contributed by atoms with van der Waals surface area (Å²) in [5.41, 5.74) is 0. The van der Waals surface area contributed by atoms with E-state index in [0.717, 1.165) is 0 Å². The molecule has 1 heterocycles. The Labute approximate surface area is 99.2 Å². The van der Waals surface area contributed by atoms with Crippen LogP contribution in [0.4, 0.5) is 4.79 Å². The lowest BCUT2D eigenvalue weighted by atomic mass is 10.2. The number of likely N-dealkylation sites (tertiary alicyclic amines) is 1.